The Morgan fingerprint density at radius 1 is 1.38 bits per heavy atom. The highest BCUT2D eigenvalue weighted by Crippen LogP contribution is 2.21. The third-order valence-corrected chi connectivity index (χ3v) is 2.13. The molecule has 1 aromatic heterocycles. The molecule has 6 heteroatoms. The van der Waals surface area contributed by atoms with Gasteiger partial charge < -0.3 is 9.84 Å². The van der Waals surface area contributed by atoms with E-state index < -0.39 is 5.97 Å². The molecule has 0 amide bonds. The van der Waals surface area contributed by atoms with E-state index in [0.717, 1.165) is 0 Å². The fourth-order valence-electron chi connectivity index (χ4n) is 1.36. The molecule has 0 bridgehead atoms. The average molecular weight is 219 g/mol. The van der Waals surface area contributed by atoms with Crippen LogP contribution in [0.3, 0.4) is 0 Å². The lowest BCUT2D eigenvalue weighted by Gasteiger charge is -2.07. The molecule has 0 unspecified atom stereocenters. The SMILES string of the molecule is COc1ccc(-n2cnnc2)cc1C(=O)O. The maximum atomic E-state index is 11.0. The highest BCUT2D eigenvalue weighted by molar-refractivity contribution is 5.91. The molecule has 16 heavy (non-hydrogen) atoms. The Hall–Kier alpha value is -2.37. The number of hydrogen-bond donors (Lipinski definition) is 1. The molecule has 1 heterocycles. The number of hydrogen-bond acceptors (Lipinski definition) is 4. The summed E-state index contributed by atoms with van der Waals surface area (Å²) < 4.78 is 6.57. The molecule has 0 saturated carbocycles. The summed E-state index contributed by atoms with van der Waals surface area (Å²) in [5, 5.41) is 16.3. The zero-order valence-corrected chi connectivity index (χ0v) is 8.49. The number of benzene rings is 1. The second-order valence-electron chi connectivity index (χ2n) is 3.06. The first-order chi connectivity index (χ1) is 7.72. The summed E-state index contributed by atoms with van der Waals surface area (Å²) in [7, 11) is 1.43. The van der Waals surface area contributed by atoms with Gasteiger partial charge >= 0.3 is 5.97 Å². The Bertz CT molecular complexity index is 508. The second-order valence-corrected chi connectivity index (χ2v) is 3.06. The van der Waals surface area contributed by atoms with Crippen molar-refractivity contribution in [1.82, 2.24) is 14.8 Å². The van der Waals surface area contributed by atoms with Gasteiger partial charge in [0, 0.05) is 5.69 Å². The van der Waals surface area contributed by atoms with Gasteiger partial charge in [0.25, 0.3) is 0 Å². The predicted octanol–water partition coefficient (Wildman–Crippen LogP) is 0.974. The van der Waals surface area contributed by atoms with Gasteiger partial charge in [0.15, 0.2) is 0 Å². The topological polar surface area (TPSA) is 77.2 Å². The van der Waals surface area contributed by atoms with E-state index >= 15 is 0 Å². The molecule has 0 atom stereocenters. The molecule has 0 fully saturated rings. The van der Waals surface area contributed by atoms with E-state index in [1.54, 1.807) is 16.7 Å². The summed E-state index contributed by atoms with van der Waals surface area (Å²) in [6, 6.07) is 4.83. The smallest absolute Gasteiger partial charge is 0.339 e. The van der Waals surface area contributed by atoms with Crippen molar-refractivity contribution in [2.24, 2.45) is 0 Å². The predicted molar refractivity (Wildman–Crippen MR) is 54.9 cm³/mol. The second kappa shape index (κ2) is 4.01. The highest BCUT2D eigenvalue weighted by atomic mass is 16.5. The molecule has 82 valence electrons. The van der Waals surface area contributed by atoms with E-state index in [1.165, 1.54) is 25.8 Å². The molecule has 0 radical (unpaired) electrons. The average Bonchev–Trinajstić information content (AvgIpc) is 2.81. The number of rotatable bonds is 3. The largest absolute Gasteiger partial charge is 0.496 e. The van der Waals surface area contributed by atoms with Gasteiger partial charge in [-0.1, -0.05) is 0 Å². The van der Waals surface area contributed by atoms with Crippen LogP contribution in [0.4, 0.5) is 0 Å². The maximum absolute atomic E-state index is 11.0. The number of aromatic carboxylic acids is 1. The van der Waals surface area contributed by atoms with Crippen LogP contribution in [0, 0.1) is 0 Å². The van der Waals surface area contributed by atoms with E-state index in [9.17, 15) is 4.79 Å². The van der Waals surface area contributed by atoms with Crippen LogP contribution in [-0.4, -0.2) is 33.0 Å². The maximum Gasteiger partial charge on any atom is 0.339 e. The van der Waals surface area contributed by atoms with Crippen LogP contribution in [0.5, 0.6) is 5.75 Å². The van der Waals surface area contributed by atoms with E-state index in [1.807, 2.05) is 0 Å². The number of methoxy groups -OCH3 is 1. The van der Waals surface area contributed by atoms with Gasteiger partial charge in [0.2, 0.25) is 0 Å². The molecule has 1 N–H and O–H groups in total. The number of aromatic nitrogens is 3. The Kier molecular flexibility index (Phi) is 2.55. The quantitative estimate of drug-likeness (QED) is 0.832. The van der Waals surface area contributed by atoms with Crippen molar-refractivity contribution in [3.05, 3.63) is 36.4 Å². The lowest BCUT2D eigenvalue weighted by molar-refractivity contribution is 0.0693. The van der Waals surface area contributed by atoms with E-state index in [2.05, 4.69) is 10.2 Å². The number of carbonyl (C=O) groups is 1. The minimum Gasteiger partial charge on any atom is -0.496 e. The van der Waals surface area contributed by atoms with Crippen molar-refractivity contribution in [3.8, 4) is 11.4 Å². The van der Waals surface area contributed by atoms with Gasteiger partial charge in [-0.15, -0.1) is 10.2 Å². The summed E-state index contributed by atoms with van der Waals surface area (Å²) in [5.74, 6) is -0.712. The van der Waals surface area contributed by atoms with Crippen LogP contribution >= 0.6 is 0 Å². The molecule has 2 aromatic rings. The number of nitrogens with zero attached hydrogens (tertiary/aromatic N) is 3. The van der Waals surface area contributed by atoms with Crippen LogP contribution in [0.1, 0.15) is 10.4 Å². The third kappa shape index (κ3) is 1.72. The molecule has 0 spiro atoms. The number of carboxylic acids is 1. The van der Waals surface area contributed by atoms with Crippen molar-refractivity contribution in [2.75, 3.05) is 7.11 Å². The molecule has 0 aliphatic carbocycles. The molecular weight excluding hydrogens is 210 g/mol. The van der Waals surface area contributed by atoms with Gasteiger partial charge in [-0.2, -0.15) is 0 Å². The minimum absolute atomic E-state index is 0.105. The van der Waals surface area contributed by atoms with Crippen molar-refractivity contribution >= 4 is 5.97 Å². The van der Waals surface area contributed by atoms with Gasteiger partial charge in [-0.3, -0.25) is 4.57 Å². The summed E-state index contributed by atoms with van der Waals surface area (Å²) in [6.07, 6.45) is 2.99. The fraction of sp³-hybridized carbons (Fsp3) is 0.100. The van der Waals surface area contributed by atoms with Crippen molar-refractivity contribution < 1.29 is 14.6 Å². The van der Waals surface area contributed by atoms with Crippen molar-refractivity contribution in [2.45, 2.75) is 0 Å². The molecule has 0 aliphatic heterocycles. The Labute approximate surface area is 91.1 Å². The Morgan fingerprint density at radius 2 is 2.06 bits per heavy atom. The fourth-order valence-corrected chi connectivity index (χ4v) is 1.36. The van der Waals surface area contributed by atoms with Gasteiger partial charge in [0.1, 0.15) is 24.0 Å². The molecule has 1 aromatic carbocycles. The summed E-state index contributed by atoms with van der Waals surface area (Å²) in [4.78, 5) is 11.0. The lowest BCUT2D eigenvalue weighted by atomic mass is 10.2. The Balaban J connectivity index is 2.51. The standard InChI is InChI=1S/C10H9N3O3/c1-16-9-3-2-7(4-8(9)10(14)15)13-5-11-12-6-13/h2-6H,1H3,(H,14,15). The van der Waals surface area contributed by atoms with Gasteiger partial charge in [-0.25, -0.2) is 4.79 Å². The number of ether oxygens (including phenoxy) is 1. The van der Waals surface area contributed by atoms with Gasteiger partial charge in [-0.05, 0) is 18.2 Å². The van der Waals surface area contributed by atoms with Crippen molar-refractivity contribution in [3.63, 3.8) is 0 Å². The molecular formula is C10H9N3O3. The first-order valence-corrected chi connectivity index (χ1v) is 4.48. The molecule has 6 nitrogen and oxygen atoms in total. The zero-order valence-electron chi connectivity index (χ0n) is 8.49. The monoisotopic (exact) mass is 219 g/mol. The van der Waals surface area contributed by atoms with E-state index in [-0.39, 0.29) is 5.56 Å². The molecule has 0 aliphatic rings. The van der Waals surface area contributed by atoms with Gasteiger partial charge in [0.05, 0.1) is 7.11 Å². The normalized spacial score (nSPS) is 10.1. The lowest BCUT2D eigenvalue weighted by Crippen LogP contribution is -2.02. The summed E-state index contributed by atoms with van der Waals surface area (Å²) in [5.41, 5.74) is 0.775. The van der Waals surface area contributed by atoms with Crippen LogP contribution < -0.4 is 4.74 Å². The minimum atomic E-state index is -1.04. The summed E-state index contributed by atoms with van der Waals surface area (Å²) >= 11 is 0. The van der Waals surface area contributed by atoms with Crippen molar-refractivity contribution in [1.29, 1.82) is 0 Å². The van der Waals surface area contributed by atoms with Crippen LogP contribution in [0.15, 0.2) is 30.9 Å². The zero-order chi connectivity index (χ0) is 11.5. The van der Waals surface area contributed by atoms with Crippen LogP contribution in [0.25, 0.3) is 5.69 Å². The van der Waals surface area contributed by atoms with E-state index in [0.29, 0.717) is 11.4 Å². The molecule has 2 rings (SSSR count). The molecule has 0 saturated heterocycles. The van der Waals surface area contributed by atoms with Crippen LogP contribution in [-0.2, 0) is 0 Å². The summed E-state index contributed by atoms with van der Waals surface area (Å²) in [6.45, 7) is 0. The first-order valence-electron chi connectivity index (χ1n) is 4.48. The highest BCUT2D eigenvalue weighted by Gasteiger charge is 2.12. The van der Waals surface area contributed by atoms with E-state index in [4.69, 9.17) is 9.84 Å². The Morgan fingerprint density at radius 3 is 2.62 bits per heavy atom. The van der Waals surface area contributed by atoms with Crippen LogP contribution in [0.2, 0.25) is 0 Å². The third-order valence-electron chi connectivity index (χ3n) is 2.13. The number of carboxylic acid groups (broad SMARTS) is 1. The first kappa shape index (κ1) is 10.2.